The molecule has 0 unspecified atom stereocenters. The zero-order valence-electron chi connectivity index (χ0n) is 10.3. The van der Waals surface area contributed by atoms with Crippen molar-refractivity contribution in [3.8, 4) is 0 Å². The second-order valence-electron chi connectivity index (χ2n) is 4.84. The molecule has 1 saturated heterocycles. The van der Waals surface area contributed by atoms with Crippen LogP contribution in [0.15, 0.2) is 12.4 Å². The van der Waals surface area contributed by atoms with Crippen LogP contribution in [0, 0.1) is 5.92 Å². The molecule has 0 saturated carbocycles. The molecule has 5 heteroatoms. The molecule has 0 atom stereocenters. The number of aliphatic hydroxyl groups is 1. The molecule has 0 aromatic carbocycles. The minimum Gasteiger partial charge on any atom is -0.396 e. The molecule has 17 heavy (non-hydrogen) atoms. The molecule has 0 radical (unpaired) electrons. The highest BCUT2D eigenvalue weighted by Crippen LogP contribution is 2.18. The Balaban J connectivity index is 1.64. The predicted molar refractivity (Wildman–Crippen MR) is 65.5 cm³/mol. The fourth-order valence-electron chi connectivity index (χ4n) is 2.43. The van der Waals surface area contributed by atoms with Crippen molar-refractivity contribution in [3.05, 3.63) is 12.4 Å². The molecule has 0 aliphatic carbocycles. The van der Waals surface area contributed by atoms with E-state index in [-0.39, 0.29) is 0 Å². The summed E-state index contributed by atoms with van der Waals surface area (Å²) >= 11 is 0. The highest BCUT2D eigenvalue weighted by molar-refractivity contribution is 4.74. The van der Waals surface area contributed by atoms with Crippen LogP contribution in [0.5, 0.6) is 0 Å². The van der Waals surface area contributed by atoms with E-state index in [0.29, 0.717) is 6.61 Å². The third-order valence-electron chi connectivity index (χ3n) is 3.51. The van der Waals surface area contributed by atoms with Crippen LogP contribution in [0.4, 0.5) is 0 Å². The summed E-state index contributed by atoms with van der Waals surface area (Å²) in [5.74, 6) is 0.741. The maximum atomic E-state index is 8.75. The summed E-state index contributed by atoms with van der Waals surface area (Å²) in [6, 6.07) is 0. The van der Waals surface area contributed by atoms with E-state index in [2.05, 4.69) is 15.2 Å². The standard InChI is InChI=1S/C12H22N4O/c17-10-2-1-6-15-7-3-12(4-8-15)11-16-9-5-13-14-16/h5,9,12,17H,1-4,6-8,10-11H2. The van der Waals surface area contributed by atoms with Crippen LogP contribution in [0.1, 0.15) is 25.7 Å². The van der Waals surface area contributed by atoms with Gasteiger partial charge in [-0.2, -0.15) is 0 Å². The summed E-state index contributed by atoms with van der Waals surface area (Å²) in [4.78, 5) is 2.51. The van der Waals surface area contributed by atoms with Gasteiger partial charge < -0.3 is 10.0 Å². The third-order valence-corrected chi connectivity index (χ3v) is 3.51. The van der Waals surface area contributed by atoms with Crippen LogP contribution in [-0.4, -0.2) is 51.2 Å². The van der Waals surface area contributed by atoms with E-state index in [0.717, 1.165) is 31.8 Å². The average Bonchev–Trinajstić information content (AvgIpc) is 2.85. The molecule has 1 aromatic heterocycles. The molecule has 1 fully saturated rings. The molecule has 0 bridgehead atoms. The van der Waals surface area contributed by atoms with E-state index in [1.165, 1.54) is 25.9 Å². The van der Waals surface area contributed by atoms with Crippen LogP contribution in [-0.2, 0) is 6.54 Å². The van der Waals surface area contributed by atoms with Gasteiger partial charge in [0.25, 0.3) is 0 Å². The number of aromatic nitrogens is 3. The zero-order valence-corrected chi connectivity index (χ0v) is 10.3. The normalized spacial score (nSPS) is 18.6. The van der Waals surface area contributed by atoms with Crippen molar-refractivity contribution in [2.45, 2.75) is 32.2 Å². The topological polar surface area (TPSA) is 54.2 Å². The molecule has 1 aliphatic rings. The van der Waals surface area contributed by atoms with Crippen molar-refractivity contribution in [3.63, 3.8) is 0 Å². The Hall–Kier alpha value is -0.940. The lowest BCUT2D eigenvalue weighted by atomic mass is 9.97. The lowest BCUT2D eigenvalue weighted by Crippen LogP contribution is -2.35. The largest absolute Gasteiger partial charge is 0.396 e. The van der Waals surface area contributed by atoms with Gasteiger partial charge in [0.15, 0.2) is 0 Å². The second-order valence-corrected chi connectivity index (χ2v) is 4.84. The van der Waals surface area contributed by atoms with Gasteiger partial charge in [-0.1, -0.05) is 5.21 Å². The highest BCUT2D eigenvalue weighted by Gasteiger charge is 2.19. The van der Waals surface area contributed by atoms with Crippen LogP contribution in [0.3, 0.4) is 0 Å². The molecule has 2 rings (SSSR count). The Morgan fingerprint density at radius 1 is 1.24 bits per heavy atom. The van der Waals surface area contributed by atoms with Crippen molar-refractivity contribution in [2.75, 3.05) is 26.2 Å². The van der Waals surface area contributed by atoms with Crippen LogP contribution in [0.25, 0.3) is 0 Å². The Labute approximate surface area is 102 Å². The highest BCUT2D eigenvalue weighted by atomic mass is 16.2. The molecule has 2 heterocycles. The number of hydrogen-bond donors (Lipinski definition) is 1. The van der Waals surface area contributed by atoms with Gasteiger partial charge in [0.1, 0.15) is 0 Å². The minimum atomic E-state index is 0.322. The number of piperidine rings is 1. The van der Waals surface area contributed by atoms with Crippen molar-refractivity contribution in [1.29, 1.82) is 0 Å². The summed E-state index contributed by atoms with van der Waals surface area (Å²) in [5.41, 5.74) is 0. The van der Waals surface area contributed by atoms with Crippen molar-refractivity contribution >= 4 is 0 Å². The Kier molecular flexibility index (Phi) is 4.94. The number of unbranched alkanes of at least 4 members (excludes halogenated alkanes) is 1. The first kappa shape index (κ1) is 12.5. The van der Waals surface area contributed by atoms with E-state index < -0.39 is 0 Å². The van der Waals surface area contributed by atoms with Gasteiger partial charge in [0.2, 0.25) is 0 Å². The molecule has 5 nitrogen and oxygen atoms in total. The number of aliphatic hydroxyl groups excluding tert-OH is 1. The van der Waals surface area contributed by atoms with Gasteiger partial charge in [-0.3, -0.25) is 4.68 Å². The zero-order chi connectivity index (χ0) is 11.9. The van der Waals surface area contributed by atoms with Crippen LogP contribution < -0.4 is 0 Å². The van der Waals surface area contributed by atoms with Crippen molar-refractivity contribution in [1.82, 2.24) is 19.9 Å². The number of rotatable bonds is 6. The van der Waals surface area contributed by atoms with Gasteiger partial charge in [0, 0.05) is 19.3 Å². The first-order valence-electron chi connectivity index (χ1n) is 6.56. The van der Waals surface area contributed by atoms with Crippen molar-refractivity contribution in [2.24, 2.45) is 5.92 Å². The van der Waals surface area contributed by atoms with Gasteiger partial charge in [-0.15, -0.1) is 5.10 Å². The second kappa shape index (κ2) is 6.71. The quantitative estimate of drug-likeness (QED) is 0.744. The lowest BCUT2D eigenvalue weighted by Gasteiger charge is -2.31. The summed E-state index contributed by atoms with van der Waals surface area (Å²) < 4.78 is 1.94. The smallest absolute Gasteiger partial charge is 0.0692 e. The maximum Gasteiger partial charge on any atom is 0.0692 e. The minimum absolute atomic E-state index is 0.322. The Morgan fingerprint density at radius 2 is 2.06 bits per heavy atom. The van der Waals surface area contributed by atoms with Crippen molar-refractivity contribution < 1.29 is 5.11 Å². The molecule has 0 amide bonds. The third kappa shape index (κ3) is 4.09. The number of likely N-dealkylation sites (tertiary alicyclic amines) is 1. The van der Waals surface area contributed by atoms with Crippen LogP contribution >= 0.6 is 0 Å². The van der Waals surface area contributed by atoms with Gasteiger partial charge in [-0.25, -0.2) is 0 Å². The Bertz CT molecular complexity index is 293. The molecule has 1 N–H and O–H groups in total. The molecule has 96 valence electrons. The number of nitrogens with zero attached hydrogens (tertiary/aromatic N) is 4. The average molecular weight is 238 g/mol. The number of hydrogen-bond acceptors (Lipinski definition) is 4. The van der Waals surface area contributed by atoms with Gasteiger partial charge in [-0.05, 0) is 51.2 Å². The van der Waals surface area contributed by atoms with E-state index >= 15 is 0 Å². The van der Waals surface area contributed by atoms with E-state index in [9.17, 15) is 0 Å². The summed E-state index contributed by atoms with van der Waals surface area (Å²) in [7, 11) is 0. The molecule has 1 aromatic rings. The fourth-order valence-corrected chi connectivity index (χ4v) is 2.43. The predicted octanol–water partition coefficient (Wildman–Crippen LogP) is 0.763. The summed E-state index contributed by atoms with van der Waals surface area (Å²) in [5, 5.41) is 16.6. The monoisotopic (exact) mass is 238 g/mol. The SMILES string of the molecule is OCCCCN1CCC(Cn2ccnn2)CC1. The molecular weight excluding hydrogens is 216 g/mol. The fraction of sp³-hybridized carbons (Fsp3) is 0.833. The molecule has 1 aliphatic heterocycles. The lowest BCUT2D eigenvalue weighted by molar-refractivity contribution is 0.164. The maximum absolute atomic E-state index is 8.75. The van der Waals surface area contributed by atoms with Crippen LogP contribution in [0.2, 0.25) is 0 Å². The first-order chi connectivity index (χ1) is 8.38. The van der Waals surface area contributed by atoms with E-state index in [1.54, 1.807) is 6.20 Å². The van der Waals surface area contributed by atoms with E-state index in [1.807, 2.05) is 10.9 Å². The van der Waals surface area contributed by atoms with Gasteiger partial charge in [0.05, 0.1) is 6.20 Å². The van der Waals surface area contributed by atoms with E-state index in [4.69, 9.17) is 5.11 Å². The molecular formula is C12H22N4O. The summed E-state index contributed by atoms with van der Waals surface area (Å²) in [6.45, 7) is 4.83. The first-order valence-corrected chi connectivity index (χ1v) is 6.56. The Morgan fingerprint density at radius 3 is 2.71 bits per heavy atom. The summed E-state index contributed by atoms with van der Waals surface area (Å²) in [6.07, 6.45) is 8.22. The van der Waals surface area contributed by atoms with Gasteiger partial charge >= 0.3 is 0 Å². The molecule has 0 spiro atoms.